The molecule has 2 aliphatic heterocycles. The second-order valence-corrected chi connectivity index (χ2v) is 9.65. The summed E-state index contributed by atoms with van der Waals surface area (Å²) in [7, 11) is 0. The monoisotopic (exact) mass is 426 g/mol. The number of para-hydroxylation sites is 1. The maximum Gasteiger partial charge on any atom is 0.265 e. The first-order valence-electron chi connectivity index (χ1n) is 10.5. The quantitative estimate of drug-likeness (QED) is 0.403. The summed E-state index contributed by atoms with van der Waals surface area (Å²) in [6.07, 6.45) is 1.75. The molecule has 4 aromatic rings. The summed E-state index contributed by atoms with van der Waals surface area (Å²) in [4.78, 5) is 19.7. The molecule has 2 aliphatic rings. The van der Waals surface area contributed by atoms with Crippen LogP contribution < -0.4 is 10.3 Å². The summed E-state index contributed by atoms with van der Waals surface area (Å²) in [5, 5.41) is 0.998. The van der Waals surface area contributed by atoms with Gasteiger partial charge in [-0.3, -0.25) is 9.36 Å². The summed E-state index contributed by atoms with van der Waals surface area (Å²) >= 11 is 1.75. The molecule has 2 aromatic heterocycles. The Morgan fingerprint density at radius 3 is 2.74 bits per heavy atom. The van der Waals surface area contributed by atoms with Gasteiger partial charge in [0.05, 0.1) is 11.3 Å². The molecule has 0 fully saturated rings. The predicted molar refractivity (Wildman–Crippen MR) is 125 cm³/mol. The molecule has 0 saturated carbocycles. The molecule has 2 aromatic carbocycles. The van der Waals surface area contributed by atoms with E-state index in [1.165, 1.54) is 16.7 Å². The van der Waals surface area contributed by atoms with Gasteiger partial charge in [0.2, 0.25) is 0 Å². The van der Waals surface area contributed by atoms with Gasteiger partial charge in [-0.15, -0.1) is 11.8 Å². The van der Waals surface area contributed by atoms with E-state index in [9.17, 15) is 4.79 Å². The number of pyridine rings is 2. The number of hydrogen-bond donors (Lipinski definition) is 0. The van der Waals surface area contributed by atoms with Crippen LogP contribution in [0.5, 0.6) is 5.75 Å². The minimum Gasteiger partial charge on any atom is -0.482 e. The summed E-state index contributed by atoms with van der Waals surface area (Å²) in [6.45, 7) is 6.32. The van der Waals surface area contributed by atoms with E-state index in [1.54, 1.807) is 22.5 Å². The highest BCUT2D eigenvalue weighted by Crippen LogP contribution is 2.57. The van der Waals surface area contributed by atoms with Crippen molar-refractivity contribution >= 4 is 22.8 Å². The smallest absolute Gasteiger partial charge is 0.265 e. The van der Waals surface area contributed by atoms with Gasteiger partial charge in [0.25, 0.3) is 5.56 Å². The molecule has 6 rings (SSSR count). The van der Waals surface area contributed by atoms with E-state index in [1.807, 2.05) is 36.4 Å². The number of nitrogens with zero attached hydrogens (tertiary/aromatic N) is 2. The molecule has 0 bridgehead atoms. The number of ether oxygens (including phenoxy) is 1. The Hall–Kier alpha value is -3.05. The van der Waals surface area contributed by atoms with Gasteiger partial charge in [-0.05, 0) is 62.2 Å². The largest absolute Gasteiger partial charge is 0.482 e. The van der Waals surface area contributed by atoms with Gasteiger partial charge in [-0.1, -0.05) is 24.3 Å². The van der Waals surface area contributed by atoms with Crippen LogP contribution in [0.1, 0.15) is 35.1 Å². The van der Waals surface area contributed by atoms with Crippen LogP contribution >= 0.6 is 11.8 Å². The molecule has 0 N–H and O–H groups in total. The number of thioether (sulfide) groups is 1. The number of benzene rings is 2. The number of aromatic nitrogens is 2. The molecule has 154 valence electrons. The van der Waals surface area contributed by atoms with Crippen molar-refractivity contribution < 1.29 is 4.74 Å². The third-order valence-electron chi connectivity index (χ3n) is 6.62. The minimum atomic E-state index is -0.709. The van der Waals surface area contributed by atoms with Crippen LogP contribution in [0.2, 0.25) is 0 Å². The number of aryl methyl sites for hydroxylation is 2. The van der Waals surface area contributed by atoms with Gasteiger partial charge < -0.3 is 4.74 Å². The molecule has 0 unspecified atom stereocenters. The van der Waals surface area contributed by atoms with E-state index in [2.05, 4.69) is 44.0 Å². The van der Waals surface area contributed by atoms with Gasteiger partial charge >= 0.3 is 0 Å². The SMILES string of the molecule is Cc1cc(C)c2c(c1)O[C@]1(C)c3c(c4cccnc4n(-c4ccccc4)c3=O)SC[C@H]21. The molecule has 31 heavy (non-hydrogen) atoms. The van der Waals surface area contributed by atoms with Crippen LogP contribution in [-0.2, 0) is 5.60 Å². The molecule has 0 spiro atoms. The number of fused-ring (bicyclic) bond motifs is 7. The standard InChI is InChI=1S/C26H22N2O2S/c1-15-12-16(2)21-19-14-31-23-18-10-7-11-27-24(18)28(17-8-5-4-6-9-17)25(29)22(23)26(19,3)30-20(21)13-15/h4-13,19H,14H2,1-3H3/t19-,26+/m1/s1. The molecular weight excluding hydrogens is 404 g/mol. The zero-order chi connectivity index (χ0) is 21.3. The van der Waals surface area contributed by atoms with E-state index in [4.69, 9.17) is 4.74 Å². The average Bonchev–Trinajstić information content (AvgIpc) is 3.06. The maximum absolute atomic E-state index is 14.1. The Morgan fingerprint density at radius 2 is 1.94 bits per heavy atom. The van der Waals surface area contributed by atoms with Crippen molar-refractivity contribution in [1.29, 1.82) is 0 Å². The third-order valence-corrected chi connectivity index (χ3v) is 7.83. The van der Waals surface area contributed by atoms with Crippen molar-refractivity contribution in [2.24, 2.45) is 0 Å². The summed E-state index contributed by atoms with van der Waals surface area (Å²) < 4.78 is 8.40. The topological polar surface area (TPSA) is 44.1 Å². The predicted octanol–water partition coefficient (Wildman–Crippen LogP) is 5.50. The normalized spacial score (nSPS) is 21.3. The van der Waals surface area contributed by atoms with Crippen molar-refractivity contribution in [1.82, 2.24) is 9.55 Å². The summed E-state index contributed by atoms with van der Waals surface area (Å²) in [5.74, 6) is 1.92. The number of hydrogen-bond acceptors (Lipinski definition) is 4. The van der Waals surface area contributed by atoms with Gasteiger partial charge in [0.15, 0.2) is 0 Å². The van der Waals surface area contributed by atoms with E-state index in [0.717, 1.165) is 33.0 Å². The van der Waals surface area contributed by atoms with Crippen LogP contribution in [0.25, 0.3) is 16.7 Å². The first-order valence-corrected chi connectivity index (χ1v) is 11.5. The zero-order valence-electron chi connectivity index (χ0n) is 17.7. The Labute approximate surface area is 184 Å². The van der Waals surface area contributed by atoms with Crippen LogP contribution in [0, 0.1) is 13.8 Å². The second kappa shape index (κ2) is 6.47. The first kappa shape index (κ1) is 18.7. The molecule has 0 radical (unpaired) electrons. The lowest BCUT2D eigenvalue weighted by atomic mass is 9.79. The highest BCUT2D eigenvalue weighted by atomic mass is 32.2. The third kappa shape index (κ3) is 2.50. The van der Waals surface area contributed by atoms with E-state index in [-0.39, 0.29) is 11.5 Å². The zero-order valence-corrected chi connectivity index (χ0v) is 18.5. The van der Waals surface area contributed by atoms with Gasteiger partial charge in [-0.2, -0.15) is 0 Å². The second-order valence-electron chi connectivity index (χ2n) is 8.62. The molecule has 2 atom stereocenters. The van der Waals surface area contributed by atoms with Crippen molar-refractivity contribution in [3.63, 3.8) is 0 Å². The minimum absolute atomic E-state index is 0.0470. The van der Waals surface area contributed by atoms with Gasteiger partial charge in [0.1, 0.15) is 17.0 Å². The van der Waals surface area contributed by atoms with Crippen LogP contribution in [0.4, 0.5) is 0 Å². The fourth-order valence-electron chi connectivity index (χ4n) is 5.28. The molecule has 0 aliphatic carbocycles. The lowest BCUT2D eigenvalue weighted by Gasteiger charge is -2.37. The highest BCUT2D eigenvalue weighted by Gasteiger charge is 2.52. The Kier molecular flexibility index (Phi) is 3.90. The lowest BCUT2D eigenvalue weighted by Crippen LogP contribution is -2.43. The highest BCUT2D eigenvalue weighted by molar-refractivity contribution is 7.99. The first-order chi connectivity index (χ1) is 15.0. The van der Waals surface area contributed by atoms with Gasteiger partial charge in [-0.25, -0.2) is 4.98 Å². The summed E-state index contributed by atoms with van der Waals surface area (Å²) in [6, 6.07) is 18.1. The molecular formula is C26H22N2O2S. The molecule has 4 nitrogen and oxygen atoms in total. The molecule has 0 amide bonds. The molecule has 4 heterocycles. The van der Waals surface area contributed by atoms with Crippen molar-refractivity contribution in [2.75, 3.05) is 5.75 Å². The summed E-state index contributed by atoms with van der Waals surface area (Å²) in [5.41, 5.74) is 5.14. The number of rotatable bonds is 1. The van der Waals surface area contributed by atoms with Crippen molar-refractivity contribution in [3.05, 3.63) is 93.4 Å². The van der Waals surface area contributed by atoms with Crippen LogP contribution in [0.15, 0.2) is 70.5 Å². The Morgan fingerprint density at radius 1 is 1.13 bits per heavy atom. The maximum atomic E-state index is 14.1. The molecule has 0 saturated heterocycles. The van der Waals surface area contributed by atoms with Crippen molar-refractivity contribution in [2.45, 2.75) is 37.2 Å². The molecule has 5 heteroatoms. The van der Waals surface area contributed by atoms with E-state index >= 15 is 0 Å². The van der Waals surface area contributed by atoms with E-state index < -0.39 is 5.60 Å². The van der Waals surface area contributed by atoms with Gasteiger partial charge in [0, 0.05) is 33.7 Å². The van der Waals surface area contributed by atoms with Crippen LogP contribution in [0.3, 0.4) is 0 Å². The fraction of sp³-hybridized carbons (Fsp3) is 0.231. The fourth-order valence-corrected chi connectivity index (χ4v) is 6.84. The van der Waals surface area contributed by atoms with Crippen molar-refractivity contribution in [3.8, 4) is 11.4 Å². The Bertz CT molecular complexity index is 1430. The van der Waals surface area contributed by atoms with E-state index in [0.29, 0.717) is 5.65 Å². The average molecular weight is 427 g/mol. The Balaban J connectivity index is 1.70. The van der Waals surface area contributed by atoms with Crippen LogP contribution in [-0.4, -0.2) is 15.3 Å². The lowest BCUT2D eigenvalue weighted by molar-refractivity contribution is 0.0871.